The molecule has 0 saturated carbocycles. The quantitative estimate of drug-likeness (QED) is 0.663. The summed E-state index contributed by atoms with van der Waals surface area (Å²) in [6.45, 7) is 8.48. The molecule has 106 valence electrons. The molecule has 0 atom stereocenters. The third kappa shape index (κ3) is 3.24. The molecule has 0 saturated heterocycles. The van der Waals surface area contributed by atoms with Gasteiger partial charge < -0.3 is 10.2 Å². The van der Waals surface area contributed by atoms with E-state index in [0.29, 0.717) is 11.7 Å². The Kier molecular flexibility index (Phi) is 3.90. The van der Waals surface area contributed by atoms with Crippen molar-refractivity contribution >= 4 is 5.82 Å². The fraction of sp³-hybridized carbons (Fsp3) is 0.333. The van der Waals surface area contributed by atoms with Crippen molar-refractivity contribution in [3.8, 4) is 11.6 Å². The van der Waals surface area contributed by atoms with Gasteiger partial charge in [0.05, 0.1) is 0 Å². The van der Waals surface area contributed by atoms with Gasteiger partial charge in [-0.3, -0.25) is 0 Å². The van der Waals surface area contributed by atoms with Gasteiger partial charge in [-0.15, -0.1) is 0 Å². The number of aryl methyl sites for hydroxylation is 1. The number of ether oxygens (including phenoxy) is 1. The van der Waals surface area contributed by atoms with Crippen LogP contribution < -0.4 is 16.0 Å². The first-order chi connectivity index (χ1) is 9.40. The minimum atomic E-state index is -0.00892. The Balaban J connectivity index is 2.39. The number of nitrogens with one attached hydrogen (secondary N) is 1. The van der Waals surface area contributed by atoms with E-state index >= 15 is 0 Å². The highest BCUT2D eigenvalue weighted by molar-refractivity contribution is 5.44. The molecule has 1 aromatic heterocycles. The summed E-state index contributed by atoms with van der Waals surface area (Å²) in [6.07, 6.45) is 1.41. The Morgan fingerprint density at radius 3 is 2.55 bits per heavy atom. The van der Waals surface area contributed by atoms with Crippen molar-refractivity contribution < 1.29 is 4.74 Å². The monoisotopic (exact) mass is 272 g/mol. The highest BCUT2D eigenvalue weighted by atomic mass is 16.5. The summed E-state index contributed by atoms with van der Waals surface area (Å²) in [5.74, 6) is 7.12. The Bertz CT molecular complexity index is 605. The zero-order valence-electron chi connectivity index (χ0n) is 12.3. The highest BCUT2D eigenvalue weighted by Crippen LogP contribution is 2.34. The van der Waals surface area contributed by atoms with Crippen molar-refractivity contribution in [2.45, 2.75) is 33.1 Å². The van der Waals surface area contributed by atoms with Crippen LogP contribution >= 0.6 is 0 Å². The first-order valence-corrected chi connectivity index (χ1v) is 6.48. The maximum Gasteiger partial charge on any atom is 0.224 e. The van der Waals surface area contributed by atoms with Crippen molar-refractivity contribution in [1.82, 2.24) is 9.97 Å². The molecule has 20 heavy (non-hydrogen) atoms. The lowest BCUT2D eigenvalue weighted by atomic mass is 9.86. The van der Waals surface area contributed by atoms with E-state index in [4.69, 9.17) is 10.6 Å². The third-order valence-electron chi connectivity index (χ3n) is 2.95. The van der Waals surface area contributed by atoms with Crippen LogP contribution in [0.3, 0.4) is 0 Å². The largest absolute Gasteiger partial charge is 0.439 e. The number of anilines is 1. The van der Waals surface area contributed by atoms with Crippen molar-refractivity contribution in [2.24, 2.45) is 5.84 Å². The number of rotatable bonds is 3. The van der Waals surface area contributed by atoms with Gasteiger partial charge in [-0.1, -0.05) is 32.9 Å². The van der Waals surface area contributed by atoms with E-state index in [1.54, 1.807) is 6.07 Å². The molecule has 0 aliphatic heterocycles. The number of nitrogens with zero attached hydrogens (tertiary/aromatic N) is 2. The second kappa shape index (κ2) is 5.46. The van der Waals surface area contributed by atoms with Gasteiger partial charge >= 0.3 is 0 Å². The lowest BCUT2D eigenvalue weighted by molar-refractivity contribution is 0.438. The number of aromatic nitrogens is 2. The Labute approximate surface area is 119 Å². The maximum absolute atomic E-state index is 5.91. The smallest absolute Gasteiger partial charge is 0.224 e. The van der Waals surface area contributed by atoms with Gasteiger partial charge in [-0.25, -0.2) is 15.8 Å². The van der Waals surface area contributed by atoms with E-state index in [2.05, 4.69) is 48.3 Å². The van der Waals surface area contributed by atoms with Crippen LogP contribution in [0.15, 0.2) is 30.6 Å². The molecule has 5 nitrogen and oxygen atoms in total. The van der Waals surface area contributed by atoms with Gasteiger partial charge in [0.1, 0.15) is 17.9 Å². The van der Waals surface area contributed by atoms with E-state index in [1.165, 1.54) is 6.33 Å². The number of nitrogen functional groups attached to an aromatic ring is 1. The third-order valence-corrected chi connectivity index (χ3v) is 2.95. The zero-order valence-corrected chi connectivity index (χ0v) is 12.3. The standard InChI is InChI=1S/C15H20N4O/c1-10-5-6-11(15(2,3)4)12(7-10)20-14-8-13(19-16)17-9-18-14/h5-9H,16H2,1-4H3,(H,17,18,19). The molecule has 2 aromatic rings. The molecule has 0 bridgehead atoms. The van der Waals surface area contributed by atoms with Crippen LogP contribution in [-0.2, 0) is 5.41 Å². The summed E-state index contributed by atoms with van der Waals surface area (Å²) < 4.78 is 5.91. The predicted octanol–water partition coefficient (Wildman–Crippen LogP) is 3.16. The summed E-state index contributed by atoms with van der Waals surface area (Å²) in [5.41, 5.74) is 4.74. The van der Waals surface area contributed by atoms with E-state index in [0.717, 1.165) is 16.9 Å². The average molecular weight is 272 g/mol. The molecule has 3 N–H and O–H groups in total. The molecule has 0 radical (unpaired) electrons. The highest BCUT2D eigenvalue weighted by Gasteiger charge is 2.19. The van der Waals surface area contributed by atoms with Crippen molar-refractivity contribution in [1.29, 1.82) is 0 Å². The van der Waals surface area contributed by atoms with Crippen LogP contribution in [0.2, 0.25) is 0 Å². The van der Waals surface area contributed by atoms with Crippen molar-refractivity contribution in [2.75, 3.05) is 5.43 Å². The molecule has 5 heteroatoms. The van der Waals surface area contributed by atoms with E-state index in [9.17, 15) is 0 Å². The summed E-state index contributed by atoms with van der Waals surface area (Å²) in [5, 5.41) is 0. The van der Waals surface area contributed by atoms with Crippen LogP contribution in [0.4, 0.5) is 5.82 Å². The van der Waals surface area contributed by atoms with Crippen LogP contribution in [0, 0.1) is 6.92 Å². The van der Waals surface area contributed by atoms with Crippen molar-refractivity contribution in [3.05, 3.63) is 41.7 Å². The van der Waals surface area contributed by atoms with Gasteiger partial charge in [-0.05, 0) is 24.0 Å². The number of nitrogens with two attached hydrogens (primary N) is 1. The van der Waals surface area contributed by atoms with Crippen LogP contribution in [0.1, 0.15) is 31.9 Å². The summed E-state index contributed by atoms with van der Waals surface area (Å²) in [6, 6.07) is 7.85. The Morgan fingerprint density at radius 1 is 1.15 bits per heavy atom. The first kappa shape index (κ1) is 14.3. The predicted molar refractivity (Wildman–Crippen MR) is 79.8 cm³/mol. The number of hydrogen-bond donors (Lipinski definition) is 2. The van der Waals surface area contributed by atoms with Gasteiger partial charge in [0.15, 0.2) is 0 Å². The van der Waals surface area contributed by atoms with Crippen LogP contribution in [0.5, 0.6) is 11.6 Å². The number of hydrogen-bond acceptors (Lipinski definition) is 5. The molecule has 2 rings (SSSR count). The van der Waals surface area contributed by atoms with E-state index in [1.807, 2.05) is 13.0 Å². The summed E-state index contributed by atoms with van der Waals surface area (Å²) in [7, 11) is 0. The molecule has 0 unspecified atom stereocenters. The number of benzene rings is 1. The lowest BCUT2D eigenvalue weighted by Crippen LogP contribution is -2.13. The molecule has 0 aliphatic carbocycles. The van der Waals surface area contributed by atoms with Gasteiger partial charge in [-0.2, -0.15) is 0 Å². The summed E-state index contributed by atoms with van der Waals surface area (Å²) in [4.78, 5) is 8.07. The minimum Gasteiger partial charge on any atom is -0.439 e. The van der Waals surface area contributed by atoms with Crippen LogP contribution in [-0.4, -0.2) is 9.97 Å². The molecule has 1 aromatic carbocycles. The fourth-order valence-corrected chi connectivity index (χ4v) is 1.92. The molecular formula is C15H20N4O. The summed E-state index contributed by atoms with van der Waals surface area (Å²) >= 11 is 0. The number of hydrazine groups is 1. The van der Waals surface area contributed by atoms with Crippen molar-refractivity contribution in [3.63, 3.8) is 0 Å². The fourth-order valence-electron chi connectivity index (χ4n) is 1.92. The van der Waals surface area contributed by atoms with Gasteiger partial charge in [0, 0.05) is 11.6 Å². The van der Waals surface area contributed by atoms with E-state index in [-0.39, 0.29) is 5.41 Å². The SMILES string of the molecule is Cc1ccc(C(C)(C)C)c(Oc2cc(NN)ncn2)c1. The normalized spacial score (nSPS) is 11.2. The zero-order chi connectivity index (χ0) is 14.8. The molecule has 0 amide bonds. The second-order valence-electron chi connectivity index (χ2n) is 5.74. The molecule has 0 spiro atoms. The molecule has 0 aliphatic rings. The minimum absolute atomic E-state index is 0.00892. The lowest BCUT2D eigenvalue weighted by Gasteiger charge is -2.22. The van der Waals surface area contributed by atoms with Gasteiger partial charge in [0.2, 0.25) is 5.88 Å². The molecule has 1 heterocycles. The topological polar surface area (TPSA) is 73.1 Å². The average Bonchev–Trinajstić information content (AvgIpc) is 2.37. The second-order valence-corrected chi connectivity index (χ2v) is 5.74. The Morgan fingerprint density at radius 2 is 1.90 bits per heavy atom. The van der Waals surface area contributed by atoms with Crippen LogP contribution in [0.25, 0.3) is 0 Å². The molecular weight excluding hydrogens is 252 g/mol. The first-order valence-electron chi connectivity index (χ1n) is 6.48. The Hall–Kier alpha value is -2.14. The van der Waals surface area contributed by atoms with E-state index < -0.39 is 0 Å². The van der Waals surface area contributed by atoms with Gasteiger partial charge in [0.25, 0.3) is 0 Å². The molecule has 0 fully saturated rings. The maximum atomic E-state index is 5.91.